The Morgan fingerprint density at radius 1 is 1.53 bits per heavy atom. The molecule has 1 aromatic carbocycles. The Labute approximate surface area is 99.8 Å². The Bertz CT molecular complexity index is 545. The number of ether oxygens (including phenoxy) is 1. The van der Waals surface area contributed by atoms with Gasteiger partial charge in [0.25, 0.3) is 0 Å². The summed E-state index contributed by atoms with van der Waals surface area (Å²) in [7, 11) is 1.35. The van der Waals surface area contributed by atoms with Crippen LogP contribution in [0.25, 0.3) is 10.9 Å². The average molecular weight is 232 g/mol. The van der Waals surface area contributed by atoms with Crippen molar-refractivity contribution in [2.45, 2.75) is 19.4 Å². The number of rotatable bonds is 3. The average Bonchev–Trinajstić information content (AvgIpc) is 2.70. The van der Waals surface area contributed by atoms with Gasteiger partial charge in [-0.2, -0.15) is 0 Å². The molecule has 1 heterocycles. The molecule has 1 atom stereocenters. The minimum absolute atomic E-state index is 0.383. The molecule has 0 aliphatic heterocycles. The van der Waals surface area contributed by atoms with Crippen molar-refractivity contribution >= 4 is 16.9 Å². The summed E-state index contributed by atoms with van der Waals surface area (Å²) >= 11 is 0. The summed E-state index contributed by atoms with van der Waals surface area (Å²) < 4.78 is 4.62. The molecule has 0 aliphatic rings. The maximum atomic E-state index is 11.3. The van der Waals surface area contributed by atoms with E-state index in [2.05, 4.69) is 15.8 Å². The first kappa shape index (κ1) is 11.7. The van der Waals surface area contributed by atoms with Crippen molar-refractivity contribution in [3.8, 4) is 0 Å². The Morgan fingerprint density at radius 2 is 2.29 bits per heavy atom. The summed E-state index contributed by atoms with van der Waals surface area (Å²) in [6.07, 6.45) is 2.38. The molecule has 0 bridgehead atoms. The van der Waals surface area contributed by atoms with E-state index in [9.17, 15) is 4.79 Å². The van der Waals surface area contributed by atoms with E-state index in [0.29, 0.717) is 6.42 Å². The molecule has 2 aromatic rings. The van der Waals surface area contributed by atoms with E-state index in [-0.39, 0.29) is 5.97 Å². The number of hydrogen-bond acceptors (Lipinski definition) is 3. The van der Waals surface area contributed by atoms with Crippen LogP contribution in [0, 0.1) is 6.92 Å². The molecule has 3 N–H and O–H groups in total. The summed E-state index contributed by atoms with van der Waals surface area (Å²) in [4.78, 5) is 14.5. The third kappa shape index (κ3) is 2.31. The second kappa shape index (κ2) is 4.59. The van der Waals surface area contributed by atoms with E-state index in [0.717, 1.165) is 16.5 Å². The molecule has 0 saturated carbocycles. The molecule has 0 fully saturated rings. The highest BCUT2D eigenvalue weighted by molar-refractivity contribution is 5.85. The summed E-state index contributed by atoms with van der Waals surface area (Å²) in [5, 5.41) is 1.11. The van der Waals surface area contributed by atoms with E-state index in [1.165, 1.54) is 12.7 Å². The van der Waals surface area contributed by atoms with Crippen molar-refractivity contribution < 1.29 is 9.53 Å². The van der Waals surface area contributed by atoms with Crippen LogP contribution in [-0.4, -0.2) is 24.1 Å². The van der Waals surface area contributed by atoms with E-state index >= 15 is 0 Å². The first-order valence-electron chi connectivity index (χ1n) is 5.52. The number of aryl methyl sites for hydroxylation is 1. The van der Waals surface area contributed by atoms with Gasteiger partial charge in [0.05, 0.1) is 7.11 Å². The summed E-state index contributed by atoms with van der Waals surface area (Å²) in [5.74, 6) is -0.383. The normalized spacial score (nSPS) is 12.6. The zero-order chi connectivity index (χ0) is 12.4. The van der Waals surface area contributed by atoms with Gasteiger partial charge in [-0.3, -0.25) is 4.79 Å². The van der Waals surface area contributed by atoms with Crippen molar-refractivity contribution in [2.24, 2.45) is 5.73 Å². The van der Waals surface area contributed by atoms with Crippen molar-refractivity contribution in [1.82, 2.24) is 4.98 Å². The number of esters is 1. The molecule has 4 nitrogen and oxygen atoms in total. The maximum Gasteiger partial charge on any atom is 0.322 e. The van der Waals surface area contributed by atoms with Gasteiger partial charge in [0, 0.05) is 23.5 Å². The van der Waals surface area contributed by atoms with Crippen molar-refractivity contribution in [3.05, 3.63) is 35.5 Å². The zero-order valence-corrected chi connectivity index (χ0v) is 9.99. The SMILES string of the molecule is COC(=O)C(N)Cc1c[nH]c2cc(C)ccc12. The summed E-state index contributed by atoms with van der Waals surface area (Å²) in [6, 6.07) is 5.55. The van der Waals surface area contributed by atoms with Crippen molar-refractivity contribution in [3.63, 3.8) is 0 Å². The highest BCUT2D eigenvalue weighted by Gasteiger charge is 2.16. The van der Waals surface area contributed by atoms with Gasteiger partial charge in [-0.1, -0.05) is 12.1 Å². The molecule has 90 valence electrons. The van der Waals surface area contributed by atoms with Crippen LogP contribution in [0.3, 0.4) is 0 Å². The second-order valence-electron chi connectivity index (χ2n) is 4.20. The minimum Gasteiger partial charge on any atom is -0.468 e. The molecule has 2 rings (SSSR count). The van der Waals surface area contributed by atoms with E-state index < -0.39 is 6.04 Å². The Kier molecular flexibility index (Phi) is 3.15. The fourth-order valence-corrected chi connectivity index (χ4v) is 1.94. The van der Waals surface area contributed by atoms with E-state index in [1.54, 1.807) is 0 Å². The molecule has 0 amide bonds. The number of aromatic nitrogens is 1. The number of methoxy groups -OCH3 is 1. The Hall–Kier alpha value is -1.81. The lowest BCUT2D eigenvalue weighted by atomic mass is 10.0. The summed E-state index contributed by atoms with van der Waals surface area (Å²) in [5.41, 5.74) is 9.06. The molecule has 0 radical (unpaired) electrons. The van der Waals surface area contributed by atoms with Crippen LogP contribution in [0.5, 0.6) is 0 Å². The van der Waals surface area contributed by atoms with Crippen LogP contribution in [0.1, 0.15) is 11.1 Å². The fourth-order valence-electron chi connectivity index (χ4n) is 1.94. The molecule has 0 spiro atoms. The minimum atomic E-state index is -0.611. The van der Waals surface area contributed by atoms with E-state index in [4.69, 9.17) is 5.73 Å². The van der Waals surface area contributed by atoms with Gasteiger partial charge >= 0.3 is 5.97 Å². The third-order valence-corrected chi connectivity index (χ3v) is 2.87. The first-order valence-corrected chi connectivity index (χ1v) is 5.52. The molecular weight excluding hydrogens is 216 g/mol. The van der Waals surface area contributed by atoms with Gasteiger partial charge in [-0.25, -0.2) is 0 Å². The van der Waals surface area contributed by atoms with Gasteiger partial charge in [0.2, 0.25) is 0 Å². The molecule has 0 aliphatic carbocycles. The van der Waals surface area contributed by atoms with Gasteiger partial charge in [0.15, 0.2) is 0 Å². The number of nitrogens with two attached hydrogens (primary N) is 1. The molecular formula is C13H16N2O2. The number of hydrogen-bond donors (Lipinski definition) is 2. The van der Waals surface area contributed by atoms with Crippen LogP contribution in [-0.2, 0) is 16.0 Å². The molecule has 1 unspecified atom stereocenters. The molecule has 4 heteroatoms. The fraction of sp³-hybridized carbons (Fsp3) is 0.308. The number of nitrogens with one attached hydrogen (secondary N) is 1. The van der Waals surface area contributed by atoms with Crippen LogP contribution in [0.4, 0.5) is 0 Å². The van der Waals surface area contributed by atoms with Gasteiger partial charge in [0.1, 0.15) is 6.04 Å². The summed E-state index contributed by atoms with van der Waals surface area (Å²) in [6.45, 7) is 2.04. The number of benzene rings is 1. The lowest BCUT2D eigenvalue weighted by molar-refractivity contribution is -0.142. The predicted molar refractivity (Wildman–Crippen MR) is 66.7 cm³/mol. The second-order valence-corrected chi connectivity index (χ2v) is 4.20. The molecule has 1 aromatic heterocycles. The quantitative estimate of drug-likeness (QED) is 0.788. The lowest BCUT2D eigenvalue weighted by Gasteiger charge is -2.08. The van der Waals surface area contributed by atoms with Crippen LogP contribution in [0.15, 0.2) is 24.4 Å². The van der Waals surface area contributed by atoms with E-state index in [1.807, 2.05) is 25.3 Å². The Morgan fingerprint density at radius 3 is 3.00 bits per heavy atom. The standard InChI is InChI=1S/C13H16N2O2/c1-8-3-4-10-9(7-15-12(10)5-8)6-11(14)13(16)17-2/h3-5,7,11,15H,6,14H2,1-2H3. The van der Waals surface area contributed by atoms with Gasteiger partial charge in [-0.05, 0) is 24.1 Å². The third-order valence-electron chi connectivity index (χ3n) is 2.87. The largest absolute Gasteiger partial charge is 0.468 e. The monoisotopic (exact) mass is 232 g/mol. The van der Waals surface area contributed by atoms with Crippen LogP contribution in [0.2, 0.25) is 0 Å². The van der Waals surface area contributed by atoms with Crippen LogP contribution >= 0.6 is 0 Å². The zero-order valence-electron chi connectivity index (χ0n) is 9.99. The molecule has 0 saturated heterocycles. The maximum absolute atomic E-state index is 11.3. The van der Waals surface area contributed by atoms with Gasteiger partial charge < -0.3 is 15.5 Å². The molecule has 17 heavy (non-hydrogen) atoms. The predicted octanol–water partition coefficient (Wildman–Crippen LogP) is 1.52. The van der Waals surface area contributed by atoms with Crippen molar-refractivity contribution in [1.29, 1.82) is 0 Å². The Balaban J connectivity index is 2.28. The smallest absolute Gasteiger partial charge is 0.322 e. The number of carbonyl (C=O) groups is 1. The van der Waals surface area contributed by atoms with Gasteiger partial charge in [-0.15, -0.1) is 0 Å². The highest BCUT2D eigenvalue weighted by Crippen LogP contribution is 2.20. The lowest BCUT2D eigenvalue weighted by Crippen LogP contribution is -2.33. The first-order chi connectivity index (χ1) is 8.11. The highest BCUT2D eigenvalue weighted by atomic mass is 16.5. The number of fused-ring (bicyclic) bond motifs is 1. The number of carbonyl (C=O) groups excluding carboxylic acids is 1. The number of H-pyrrole nitrogens is 1. The van der Waals surface area contributed by atoms with Crippen LogP contribution < -0.4 is 5.73 Å². The number of aromatic amines is 1. The topological polar surface area (TPSA) is 68.1 Å². The van der Waals surface area contributed by atoms with Crippen molar-refractivity contribution in [2.75, 3.05) is 7.11 Å².